The first-order valence-electron chi connectivity index (χ1n) is 4.85. The highest BCUT2D eigenvalue weighted by atomic mass is 35.5. The van der Waals surface area contributed by atoms with Crippen LogP contribution in [-0.4, -0.2) is 6.61 Å². The summed E-state index contributed by atoms with van der Waals surface area (Å²) in [5.41, 5.74) is 6.41. The molecule has 0 bridgehead atoms. The molecule has 0 saturated carbocycles. The number of benzene rings is 1. The van der Waals surface area contributed by atoms with Crippen molar-refractivity contribution in [1.82, 2.24) is 0 Å². The van der Waals surface area contributed by atoms with Crippen molar-refractivity contribution in [3.8, 4) is 5.75 Å². The number of ether oxygens (including phenoxy) is 1. The van der Waals surface area contributed by atoms with Crippen molar-refractivity contribution in [2.75, 3.05) is 6.61 Å². The molecule has 0 amide bonds. The second-order valence-electron chi connectivity index (χ2n) is 3.80. The Hall–Kier alpha value is -0.440. The number of halogens is 2. The van der Waals surface area contributed by atoms with E-state index in [1.807, 2.05) is 0 Å². The van der Waals surface area contributed by atoms with E-state index in [-0.39, 0.29) is 0 Å². The smallest absolute Gasteiger partial charge is 0.156 e. The fourth-order valence-corrected chi connectivity index (χ4v) is 1.76. The lowest BCUT2D eigenvalue weighted by molar-refractivity contribution is 0.271. The van der Waals surface area contributed by atoms with Gasteiger partial charge < -0.3 is 10.5 Å². The Labute approximate surface area is 100 Å². The van der Waals surface area contributed by atoms with Crippen molar-refractivity contribution in [2.24, 2.45) is 11.7 Å². The van der Waals surface area contributed by atoms with Gasteiger partial charge in [-0.05, 0) is 23.6 Å². The van der Waals surface area contributed by atoms with Crippen molar-refractivity contribution in [2.45, 2.75) is 20.4 Å². The molecule has 1 aromatic carbocycles. The maximum absolute atomic E-state index is 6.03. The number of nitrogens with two attached hydrogens (primary N) is 1. The van der Waals surface area contributed by atoms with Gasteiger partial charge in [0.15, 0.2) is 5.75 Å². The third-order valence-electron chi connectivity index (χ3n) is 1.85. The van der Waals surface area contributed by atoms with Gasteiger partial charge in [0.25, 0.3) is 0 Å². The highest BCUT2D eigenvalue weighted by Gasteiger charge is 2.09. The Bertz CT molecular complexity index is 316. The molecule has 84 valence electrons. The van der Waals surface area contributed by atoms with Crippen LogP contribution in [-0.2, 0) is 6.54 Å². The molecule has 0 unspecified atom stereocenters. The van der Waals surface area contributed by atoms with Gasteiger partial charge in [-0.15, -0.1) is 0 Å². The highest BCUT2D eigenvalue weighted by molar-refractivity contribution is 6.37. The average molecular weight is 248 g/mol. The first-order valence-corrected chi connectivity index (χ1v) is 5.61. The van der Waals surface area contributed by atoms with E-state index in [1.54, 1.807) is 12.1 Å². The number of rotatable bonds is 4. The Morgan fingerprint density at radius 1 is 1.27 bits per heavy atom. The van der Waals surface area contributed by atoms with E-state index in [0.717, 1.165) is 5.56 Å². The van der Waals surface area contributed by atoms with Crippen molar-refractivity contribution in [3.05, 3.63) is 27.7 Å². The summed E-state index contributed by atoms with van der Waals surface area (Å²) in [4.78, 5) is 0. The zero-order chi connectivity index (χ0) is 11.4. The molecule has 2 nitrogen and oxygen atoms in total. The molecular weight excluding hydrogens is 233 g/mol. The van der Waals surface area contributed by atoms with Gasteiger partial charge in [0, 0.05) is 6.54 Å². The molecule has 0 fully saturated rings. The van der Waals surface area contributed by atoms with Crippen LogP contribution >= 0.6 is 23.2 Å². The Morgan fingerprint density at radius 2 is 1.80 bits per heavy atom. The van der Waals surface area contributed by atoms with E-state index >= 15 is 0 Å². The monoisotopic (exact) mass is 247 g/mol. The van der Waals surface area contributed by atoms with Gasteiger partial charge in [-0.2, -0.15) is 0 Å². The molecular formula is C11H15Cl2NO. The van der Waals surface area contributed by atoms with Crippen molar-refractivity contribution in [1.29, 1.82) is 0 Å². The fourth-order valence-electron chi connectivity index (χ4n) is 1.12. The minimum absolute atomic E-state index is 0.421. The third-order valence-corrected chi connectivity index (χ3v) is 2.42. The quantitative estimate of drug-likeness (QED) is 0.885. The zero-order valence-corrected chi connectivity index (χ0v) is 10.4. The van der Waals surface area contributed by atoms with Gasteiger partial charge in [-0.1, -0.05) is 37.0 Å². The van der Waals surface area contributed by atoms with Gasteiger partial charge in [-0.3, -0.25) is 0 Å². The molecule has 0 aliphatic carbocycles. The molecule has 0 saturated heterocycles. The molecule has 0 aromatic heterocycles. The topological polar surface area (TPSA) is 35.2 Å². The van der Waals surface area contributed by atoms with Crippen LogP contribution in [0.2, 0.25) is 10.0 Å². The van der Waals surface area contributed by atoms with Crippen LogP contribution in [0, 0.1) is 5.92 Å². The van der Waals surface area contributed by atoms with Crippen molar-refractivity contribution >= 4 is 23.2 Å². The second-order valence-corrected chi connectivity index (χ2v) is 4.61. The lowest BCUT2D eigenvalue weighted by atomic mass is 10.2. The van der Waals surface area contributed by atoms with Gasteiger partial charge in [0.05, 0.1) is 16.7 Å². The number of hydrogen-bond acceptors (Lipinski definition) is 2. The predicted molar refractivity (Wildman–Crippen MR) is 64.7 cm³/mol. The third kappa shape index (κ3) is 3.56. The van der Waals surface area contributed by atoms with E-state index in [4.69, 9.17) is 33.7 Å². The number of hydrogen-bond donors (Lipinski definition) is 1. The first-order chi connectivity index (χ1) is 7.04. The van der Waals surface area contributed by atoms with E-state index < -0.39 is 0 Å². The lowest BCUT2D eigenvalue weighted by Gasteiger charge is -2.12. The van der Waals surface area contributed by atoms with Gasteiger partial charge in [0.1, 0.15) is 0 Å². The molecule has 0 aliphatic rings. The molecule has 1 aromatic rings. The van der Waals surface area contributed by atoms with Crippen LogP contribution in [0.25, 0.3) is 0 Å². The van der Waals surface area contributed by atoms with Crippen LogP contribution in [0.3, 0.4) is 0 Å². The molecule has 0 aliphatic heterocycles. The minimum Gasteiger partial charge on any atom is -0.490 e. The Morgan fingerprint density at radius 3 is 2.20 bits per heavy atom. The summed E-state index contributed by atoms with van der Waals surface area (Å²) in [5.74, 6) is 0.982. The Kier molecular flexibility index (Phi) is 4.71. The standard InChI is InChI=1S/C11H15Cl2NO/c1-7(2)6-15-11-9(12)3-8(5-14)4-10(11)13/h3-4,7H,5-6,14H2,1-2H3. The molecule has 0 heterocycles. The summed E-state index contributed by atoms with van der Waals surface area (Å²) in [7, 11) is 0. The van der Waals surface area contributed by atoms with E-state index in [2.05, 4.69) is 13.8 Å². The van der Waals surface area contributed by atoms with Crippen LogP contribution in [0.1, 0.15) is 19.4 Å². The van der Waals surface area contributed by atoms with Crippen molar-refractivity contribution < 1.29 is 4.74 Å². The summed E-state index contributed by atoms with van der Waals surface area (Å²) in [6, 6.07) is 3.56. The Balaban J connectivity index is 2.88. The average Bonchev–Trinajstić information content (AvgIpc) is 2.15. The molecule has 1 rings (SSSR count). The van der Waals surface area contributed by atoms with E-state index in [1.165, 1.54) is 0 Å². The summed E-state index contributed by atoms with van der Waals surface area (Å²) in [6.45, 7) is 5.15. The molecule has 4 heteroatoms. The van der Waals surface area contributed by atoms with Gasteiger partial charge in [0.2, 0.25) is 0 Å². The van der Waals surface area contributed by atoms with Gasteiger partial charge >= 0.3 is 0 Å². The van der Waals surface area contributed by atoms with Gasteiger partial charge in [-0.25, -0.2) is 0 Å². The maximum Gasteiger partial charge on any atom is 0.156 e. The summed E-state index contributed by atoms with van der Waals surface area (Å²) in [6.07, 6.45) is 0. The van der Waals surface area contributed by atoms with Crippen molar-refractivity contribution in [3.63, 3.8) is 0 Å². The summed E-state index contributed by atoms with van der Waals surface area (Å²) >= 11 is 12.1. The summed E-state index contributed by atoms with van der Waals surface area (Å²) in [5, 5.41) is 1.03. The minimum atomic E-state index is 0.421. The molecule has 0 spiro atoms. The molecule has 2 N–H and O–H groups in total. The second kappa shape index (κ2) is 5.59. The SMILES string of the molecule is CC(C)COc1c(Cl)cc(CN)cc1Cl. The normalized spacial score (nSPS) is 10.8. The van der Waals surface area contributed by atoms with Crippen LogP contribution in [0.15, 0.2) is 12.1 Å². The largest absolute Gasteiger partial charge is 0.490 e. The van der Waals surface area contributed by atoms with Crippen LogP contribution in [0.5, 0.6) is 5.75 Å². The molecule has 0 radical (unpaired) electrons. The lowest BCUT2D eigenvalue weighted by Crippen LogP contribution is -2.06. The maximum atomic E-state index is 6.03. The van der Waals surface area contributed by atoms with Crippen LogP contribution in [0.4, 0.5) is 0 Å². The van der Waals surface area contributed by atoms with E-state index in [9.17, 15) is 0 Å². The highest BCUT2D eigenvalue weighted by Crippen LogP contribution is 2.34. The molecule has 15 heavy (non-hydrogen) atoms. The van der Waals surface area contributed by atoms with Crippen LogP contribution < -0.4 is 10.5 Å². The predicted octanol–water partition coefficient (Wildman–Crippen LogP) is 3.49. The fraction of sp³-hybridized carbons (Fsp3) is 0.455. The molecule has 0 atom stereocenters. The zero-order valence-electron chi connectivity index (χ0n) is 8.89. The first kappa shape index (κ1) is 12.6. The van der Waals surface area contributed by atoms with E-state index in [0.29, 0.717) is 34.9 Å². The summed E-state index contributed by atoms with van der Waals surface area (Å²) < 4.78 is 5.52.